The summed E-state index contributed by atoms with van der Waals surface area (Å²) in [6.07, 6.45) is 1.90. The van der Waals surface area contributed by atoms with Gasteiger partial charge in [-0.1, -0.05) is 32.9 Å². The molecule has 0 aliphatic heterocycles. The number of aryl methyl sites for hydroxylation is 1. The first kappa shape index (κ1) is 16.0. The van der Waals surface area contributed by atoms with Gasteiger partial charge in [-0.15, -0.1) is 0 Å². The van der Waals surface area contributed by atoms with Crippen LogP contribution in [0.2, 0.25) is 0 Å². The van der Waals surface area contributed by atoms with Gasteiger partial charge in [0.2, 0.25) is 5.91 Å². The largest absolute Gasteiger partial charge is 0.352 e. The number of amides is 1. The monoisotopic (exact) mass is 309 g/mol. The van der Waals surface area contributed by atoms with Gasteiger partial charge in [-0.05, 0) is 42.4 Å². The molecule has 1 aliphatic rings. The first-order valence-electron chi connectivity index (χ1n) is 7.23. The number of benzene rings is 1. The molecule has 0 atom stereocenters. The predicted octanol–water partition coefficient (Wildman–Crippen LogP) is 2.34. The standard InChI is InChI=1S/C16H23NO3S/c1-11-5-6-12(16(2,3)4)9-14(11)21(19,20)10-15(18)17-13-7-8-13/h5-6,9,13H,7-8,10H2,1-4H3,(H,17,18). The molecule has 5 heteroatoms. The van der Waals surface area contributed by atoms with Crippen LogP contribution in [0.15, 0.2) is 23.1 Å². The second-order valence-electron chi connectivity index (χ2n) is 6.83. The van der Waals surface area contributed by atoms with Gasteiger partial charge >= 0.3 is 0 Å². The average Bonchev–Trinajstić information content (AvgIpc) is 3.10. The van der Waals surface area contributed by atoms with E-state index in [9.17, 15) is 13.2 Å². The molecule has 1 amide bonds. The van der Waals surface area contributed by atoms with Crippen LogP contribution in [0.5, 0.6) is 0 Å². The molecule has 21 heavy (non-hydrogen) atoms. The normalized spacial score (nSPS) is 15.8. The van der Waals surface area contributed by atoms with Gasteiger partial charge in [0, 0.05) is 6.04 Å². The van der Waals surface area contributed by atoms with E-state index >= 15 is 0 Å². The summed E-state index contributed by atoms with van der Waals surface area (Å²) in [5, 5.41) is 2.73. The summed E-state index contributed by atoms with van der Waals surface area (Å²) in [6, 6.07) is 5.63. The molecule has 0 aromatic heterocycles. The van der Waals surface area contributed by atoms with Crippen LogP contribution >= 0.6 is 0 Å². The highest BCUT2D eigenvalue weighted by atomic mass is 32.2. The Balaban J connectivity index is 2.27. The number of rotatable bonds is 4. The van der Waals surface area contributed by atoms with Crippen molar-refractivity contribution in [3.05, 3.63) is 29.3 Å². The zero-order valence-electron chi connectivity index (χ0n) is 13.1. The zero-order valence-corrected chi connectivity index (χ0v) is 13.9. The summed E-state index contributed by atoms with van der Waals surface area (Å²) < 4.78 is 25.0. The summed E-state index contributed by atoms with van der Waals surface area (Å²) in [7, 11) is -3.60. The van der Waals surface area contributed by atoms with Crippen molar-refractivity contribution in [2.45, 2.75) is 56.9 Å². The maximum absolute atomic E-state index is 12.5. The lowest BCUT2D eigenvalue weighted by Gasteiger charge is -2.20. The van der Waals surface area contributed by atoms with E-state index in [1.165, 1.54) is 0 Å². The Hall–Kier alpha value is -1.36. The molecular formula is C16H23NO3S. The molecule has 2 rings (SSSR count). The summed E-state index contributed by atoms with van der Waals surface area (Å²) in [5.74, 6) is -0.879. The van der Waals surface area contributed by atoms with Crippen LogP contribution in [0, 0.1) is 6.92 Å². The van der Waals surface area contributed by atoms with Gasteiger partial charge in [-0.3, -0.25) is 4.79 Å². The first-order valence-corrected chi connectivity index (χ1v) is 8.88. The SMILES string of the molecule is Cc1ccc(C(C)(C)C)cc1S(=O)(=O)CC(=O)NC1CC1. The minimum Gasteiger partial charge on any atom is -0.352 e. The van der Waals surface area contributed by atoms with Crippen LogP contribution in [-0.2, 0) is 20.0 Å². The molecule has 4 nitrogen and oxygen atoms in total. The molecule has 1 aromatic rings. The zero-order chi connectivity index (χ0) is 15.8. The van der Waals surface area contributed by atoms with E-state index in [-0.39, 0.29) is 16.4 Å². The quantitative estimate of drug-likeness (QED) is 0.928. The summed E-state index contributed by atoms with van der Waals surface area (Å²) in [4.78, 5) is 12.0. The molecule has 1 saturated carbocycles. The van der Waals surface area contributed by atoms with E-state index < -0.39 is 21.5 Å². The molecule has 0 unspecified atom stereocenters. The molecular weight excluding hydrogens is 286 g/mol. The lowest BCUT2D eigenvalue weighted by molar-refractivity contribution is -0.118. The van der Waals surface area contributed by atoms with Crippen LogP contribution in [0.25, 0.3) is 0 Å². The number of carbonyl (C=O) groups excluding carboxylic acids is 1. The first-order chi connectivity index (χ1) is 9.59. The van der Waals surface area contributed by atoms with Gasteiger partial charge in [-0.2, -0.15) is 0 Å². The fourth-order valence-electron chi connectivity index (χ4n) is 2.15. The fraction of sp³-hybridized carbons (Fsp3) is 0.562. The third-order valence-electron chi connectivity index (χ3n) is 3.65. The lowest BCUT2D eigenvalue weighted by Crippen LogP contribution is -2.32. The van der Waals surface area contributed by atoms with Crippen molar-refractivity contribution in [3.63, 3.8) is 0 Å². The minimum atomic E-state index is -3.60. The fourth-order valence-corrected chi connectivity index (χ4v) is 3.60. The number of hydrogen-bond acceptors (Lipinski definition) is 3. The number of sulfone groups is 1. The molecule has 0 radical (unpaired) electrons. The van der Waals surface area contributed by atoms with Crippen molar-refractivity contribution in [3.8, 4) is 0 Å². The van der Waals surface area contributed by atoms with E-state index in [0.717, 1.165) is 18.4 Å². The Morgan fingerprint density at radius 1 is 1.29 bits per heavy atom. The maximum Gasteiger partial charge on any atom is 0.235 e. The van der Waals surface area contributed by atoms with Crippen LogP contribution < -0.4 is 5.32 Å². The van der Waals surface area contributed by atoms with Crippen molar-refractivity contribution in [1.29, 1.82) is 0 Å². The average molecular weight is 309 g/mol. The second-order valence-corrected chi connectivity index (χ2v) is 8.79. The highest BCUT2D eigenvalue weighted by Gasteiger charge is 2.28. The van der Waals surface area contributed by atoms with E-state index in [1.807, 2.05) is 32.9 Å². The Bertz CT molecular complexity index is 653. The van der Waals surface area contributed by atoms with Gasteiger partial charge < -0.3 is 5.32 Å². The smallest absolute Gasteiger partial charge is 0.235 e. The summed E-state index contributed by atoms with van der Waals surface area (Å²) >= 11 is 0. The lowest BCUT2D eigenvalue weighted by atomic mass is 9.87. The Morgan fingerprint density at radius 2 is 1.90 bits per heavy atom. The molecule has 1 aliphatic carbocycles. The molecule has 1 aromatic carbocycles. The molecule has 0 saturated heterocycles. The van der Waals surface area contributed by atoms with E-state index in [2.05, 4.69) is 5.32 Å². The number of nitrogens with one attached hydrogen (secondary N) is 1. The van der Waals surface area contributed by atoms with Crippen LogP contribution in [-0.4, -0.2) is 26.1 Å². The van der Waals surface area contributed by atoms with Crippen LogP contribution in [0.3, 0.4) is 0 Å². The van der Waals surface area contributed by atoms with Gasteiger partial charge in [-0.25, -0.2) is 8.42 Å². The van der Waals surface area contributed by atoms with E-state index in [1.54, 1.807) is 13.0 Å². The Morgan fingerprint density at radius 3 is 2.43 bits per heavy atom. The van der Waals surface area contributed by atoms with Gasteiger partial charge in [0.05, 0.1) is 4.90 Å². The molecule has 0 heterocycles. The number of carbonyl (C=O) groups is 1. The van der Waals surface area contributed by atoms with Gasteiger partial charge in [0.15, 0.2) is 9.84 Å². The molecule has 1 N–H and O–H groups in total. The van der Waals surface area contributed by atoms with Crippen molar-refractivity contribution in [1.82, 2.24) is 5.32 Å². The highest BCUT2D eigenvalue weighted by molar-refractivity contribution is 7.92. The Kier molecular flexibility index (Phi) is 4.15. The molecule has 0 spiro atoms. The van der Waals surface area contributed by atoms with Gasteiger partial charge in [0.25, 0.3) is 0 Å². The van der Waals surface area contributed by atoms with Crippen molar-refractivity contribution < 1.29 is 13.2 Å². The molecule has 116 valence electrons. The Labute approximate surface area is 126 Å². The molecule has 0 bridgehead atoms. The van der Waals surface area contributed by atoms with Crippen LogP contribution in [0.1, 0.15) is 44.7 Å². The van der Waals surface area contributed by atoms with Gasteiger partial charge in [0.1, 0.15) is 5.75 Å². The number of hydrogen-bond donors (Lipinski definition) is 1. The highest BCUT2D eigenvalue weighted by Crippen LogP contribution is 2.27. The predicted molar refractivity (Wildman–Crippen MR) is 83.1 cm³/mol. The van der Waals surface area contributed by atoms with Crippen molar-refractivity contribution in [2.75, 3.05) is 5.75 Å². The maximum atomic E-state index is 12.5. The van der Waals surface area contributed by atoms with Crippen molar-refractivity contribution in [2.24, 2.45) is 0 Å². The van der Waals surface area contributed by atoms with Crippen LogP contribution in [0.4, 0.5) is 0 Å². The van der Waals surface area contributed by atoms with E-state index in [0.29, 0.717) is 5.56 Å². The summed E-state index contributed by atoms with van der Waals surface area (Å²) in [5.41, 5.74) is 1.50. The van der Waals surface area contributed by atoms with E-state index in [4.69, 9.17) is 0 Å². The minimum absolute atomic E-state index is 0.131. The third-order valence-corrected chi connectivity index (χ3v) is 5.40. The summed E-state index contributed by atoms with van der Waals surface area (Å²) in [6.45, 7) is 7.87. The van der Waals surface area contributed by atoms with Crippen molar-refractivity contribution >= 4 is 15.7 Å². The topological polar surface area (TPSA) is 63.2 Å². The second kappa shape index (κ2) is 5.44. The molecule has 1 fully saturated rings. The third kappa shape index (κ3) is 4.06.